The maximum Gasteiger partial charge on any atom is 0.243 e. The van der Waals surface area contributed by atoms with E-state index in [0.29, 0.717) is 37.9 Å². The molecule has 4 aromatic rings. The Morgan fingerprint density at radius 1 is 0.667 bits per heavy atom. The van der Waals surface area contributed by atoms with Crippen LogP contribution in [0.15, 0.2) is 108 Å². The summed E-state index contributed by atoms with van der Waals surface area (Å²) in [5.41, 5.74) is 3.77. The summed E-state index contributed by atoms with van der Waals surface area (Å²) in [6.45, 7) is 7.27. The molecule has 0 amide bonds. The Morgan fingerprint density at radius 2 is 1.21 bits per heavy atom. The highest BCUT2D eigenvalue weighted by Gasteiger charge is 2.28. The smallest absolute Gasteiger partial charge is 0.243 e. The molecule has 4 rings (SSSR count). The van der Waals surface area contributed by atoms with E-state index >= 15 is 0 Å². The van der Waals surface area contributed by atoms with Crippen molar-refractivity contribution in [3.05, 3.63) is 125 Å². The summed E-state index contributed by atoms with van der Waals surface area (Å²) < 4.78 is 53.0. The number of benzene rings is 4. The minimum absolute atomic E-state index is 0.0321. The van der Waals surface area contributed by atoms with Gasteiger partial charge in [0.25, 0.3) is 0 Å². The van der Waals surface area contributed by atoms with Gasteiger partial charge in [-0.25, -0.2) is 8.42 Å². The van der Waals surface area contributed by atoms with Crippen LogP contribution in [0, 0.1) is 6.92 Å². The van der Waals surface area contributed by atoms with Crippen LogP contribution in [0.2, 0.25) is 0 Å². The van der Waals surface area contributed by atoms with E-state index in [2.05, 4.69) is 0 Å². The number of aryl methyl sites for hydroxylation is 1. The topological polar surface area (TPSA) is 74.3 Å². The number of nitrogens with zero attached hydrogens (tertiary/aromatic N) is 1. The van der Waals surface area contributed by atoms with Crippen LogP contribution in [-0.4, -0.2) is 38.8 Å². The van der Waals surface area contributed by atoms with Gasteiger partial charge in [0.15, 0.2) is 17.8 Å². The number of rotatable bonds is 16. The second kappa shape index (κ2) is 15.5. The lowest BCUT2D eigenvalue weighted by Gasteiger charge is -2.27. The lowest BCUT2D eigenvalue weighted by molar-refractivity contribution is -0.140. The molecule has 0 N–H and O–H groups in total. The fourth-order valence-electron chi connectivity index (χ4n) is 4.36. The number of hydrogen-bond acceptors (Lipinski definition) is 6. The Bertz CT molecular complexity index is 1470. The molecule has 0 radical (unpaired) electrons. The van der Waals surface area contributed by atoms with Crippen molar-refractivity contribution < 1.29 is 27.4 Å². The predicted octanol–water partition coefficient (Wildman–Crippen LogP) is 6.74. The fourth-order valence-corrected chi connectivity index (χ4v) is 5.77. The molecule has 0 aliphatic carbocycles. The van der Waals surface area contributed by atoms with Gasteiger partial charge < -0.3 is 18.9 Å². The largest absolute Gasteiger partial charge is 0.485 e. The Labute approximate surface area is 249 Å². The monoisotopic (exact) mass is 589 g/mol. The standard InChI is InChI=1S/C34H39NO6S/c1-4-38-34(39-5-2)24-35(42(36,37)31-19-16-27(3)17-20-31)23-30-18-21-32(40-25-28-12-8-6-9-13-28)33(22-30)41-26-29-14-10-7-11-15-29/h6-22,34H,4-5,23-26H2,1-3H3. The Hall–Kier alpha value is -3.69. The average Bonchev–Trinajstić information content (AvgIpc) is 3.00. The molecule has 0 atom stereocenters. The van der Waals surface area contributed by atoms with Gasteiger partial charge >= 0.3 is 0 Å². The van der Waals surface area contributed by atoms with E-state index in [1.807, 2.05) is 99.6 Å². The molecule has 4 aromatic carbocycles. The molecule has 0 aromatic heterocycles. The number of hydrogen-bond donors (Lipinski definition) is 0. The Morgan fingerprint density at radius 3 is 1.76 bits per heavy atom. The van der Waals surface area contributed by atoms with Gasteiger partial charge in [0.05, 0.1) is 11.4 Å². The summed E-state index contributed by atoms with van der Waals surface area (Å²) >= 11 is 0. The highest BCUT2D eigenvalue weighted by Crippen LogP contribution is 2.31. The van der Waals surface area contributed by atoms with E-state index in [-0.39, 0.29) is 18.0 Å². The van der Waals surface area contributed by atoms with Gasteiger partial charge in [0.1, 0.15) is 13.2 Å². The van der Waals surface area contributed by atoms with Crippen molar-refractivity contribution in [2.24, 2.45) is 0 Å². The third kappa shape index (κ3) is 8.90. The normalized spacial score (nSPS) is 11.6. The van der Waals surface area contributed by atoms with Crippen LogP contribution in [-0.2, 0) is 39.3 Å². The van der Waals surface area contributed by atoms with Crippen molar-refractivity contribution in [3.63, 3.8) is 0 Å². The number of ether oxygens (including phenoxy) is 4. The van der Waals surface area contributed by atoms with Crippen molar-refractivity contribution in [2.75, 3.05) is 19.8 Å². The molecule has 0 bridgehead atoms. The van der Waals surface area contributed by atoms with Crippen LogP contribution in [0.25, 0.3) is 0 Å². The van der Waals surface area contributed by atoms with Crippen LogP contribution in [0.1, 0.15) is 36.1 Å². The van der Waals surface area contributed by atoms with Gasteiger partial charge in [0, 0.05) is 19.8 Å². The molecule has 8 heteroatoms. The van der Waals surface area contributed by atoms with Crippen molar-refractivity contribution in [2.45, 2.75) is 51.7 Å². The minimum atomic E-state index is -3.87. The van der Waals surface area contributed by atoms with Gasteiger partial charge in [-0.1, -0.05) is 84.4 Å². The summed E-state index contributed by atoms with van der Waals surface area (Å²) in [6.07, 6.45) is -0.706. The second-order valence-electron chi connectivity index (χ2n) is 9.78. The van der Waals surface area contributed by atoms with Crippen molar-refractivity contribution in [3.8, 4) is 11.5 Å². The minimum Gasteiger partial charge on any atom is -0.485 e. The zero-order valence-corrected chi connectivity index (χ0v) is 25.3. The first-order valence-electron chi connectivity index (χ1n) is 14.2. The van der Waals surface area contributed by atoms with E-state index in [0.717, 1.165) is 22.3 Å². The maximum atomic E-state index is 13.9. The van der Waals surface area contributed by atoms with E-state index < -0.39 is 16.3 Å². The molecular weight excluding hydrogens is 550 g/mol. The van der Waals surface area contributed by atoms with Gasteiger partial charge in [-0.2, -0.15) is 4.31 Å². The molecule has 0 unspecified atom stereocenters. The molecule has 7 nitrogen and oxygen atoms in total. The molecule has 0 saturated heterocycles. The molecule has 42 heavy (non-hydrogen) atoms. The van der Waals surface area contributed by atoms with Gasteiger partial charge in [-0.05, 0) is 61.7 Å². The SMILES string of the molecule is CCOC(CN(Cc1ccc(OCc2ccccc2)c(OCc2ccccc2)c1)S(=O)(=O)c1ccc(C)cc1)OCC. The van der Waals surface area contributed by atoms with E-state index in [1.165, 1.54) is 4.31 Å². The first-order valence-corrected chi connectivity index (χ1v) is 15.6. The molecule has 222 valence electrons. The summed E-state index contributed by atoms with van der Waals surface area (Å²) in [5.74, 6) is 1.11. The summed E-state index contributed by atoms with van der Waals surface area (Å²) in [6, 6.07) is 32.1. The van der Waals surface area contributed by atoms with Crippen LogP contribution in [0.4, 0.5) is 0 Å². The zero-order valence-electron chi connectivity index (χ0n) is 24.4. The highest BCUT2D eigenvalue weighted by molar-refractivity contribution is 7.89. The molecular formula is C34H39NO6S. The predicted molar refractivity (Wildman–Crippen MR) is 164 cm³/mol. The summed E-state index contributed by atoms with van der Waals surface area (Å²) in [7, 11) is -3.87. The third-order valence-electron chi connectivity index (χ3n) is 6.56. The van der Waals surface area contributed by atoms with Crippen molar-refractivity contribution >= 4 is 10.0 Å². The fraction of sp³-hybridized carbons (Fsp3) is 0.294. The first-order chi connectivity index (χ1) is 20.4. The van der Waals surface area contributed by atoms with E-state index in [1.54, 1.807) is 24.3 Å². The van der Waals surface area contributed by atoms with Crippen molar-refractivity contribution in [1.29, 1.82) is 0 Å². The van der Waals surface area contributed by atoms with Gasteiger partial charge in [0.2, 0.25) is 10.0 Å². The third-order valence-corrected chi connectivity index (χ3v) is 8.38. The van der Waals surface area contributed by atoms with Crippen LogP contribution < -0.4 is 9.47 Å². The van der Waals surface area contributed by atoms with Gasteiger partial charge in [-0.3, -0.25) is 0 Å². The lowest BCUT2D eigenvalue weighted by Crippen LogP contribution is -2.39. The van der Waals surface area contributed by atoms with Crippen LogP contribution in [0.5, 0.6) is 11.5 Å². The van der Waals surface area contributed by atoms with Crippen LogP contribution >= 0.6 is 0 Å². The zero-order chi connectivity index (χ0) is 29.8. The van der Waals surface area contributed by atoms with Gasteiger partial charge in [-0.15, -0.1) is 0 Å². The van der Waals surface area contributed by atoms with Crippen molar-refractivity contribution in [1.82, 2.24) is 4.31 Å². The Balaban J connectivity index is 1.64. The Kier molecular flexibility index (Phi) is 11.5. The summed E-state index contributed by atoms with van der Waals surface area (Å²) in [5, 5.41) is 0. The maximum absolute atomic E-state index is 13.9. The average molecular weight is 590 g/mol. The van der Waals surface area contributed by atoms with E-state index in [9.17, 15) is 8.42 Å². The molecule has 0 aliphatic heterocycles. The molecule has 0 aliphatic rings. The molecule has 0 spiro atoms. The molecule has 0 heterocycles. The van der Waals surface area contributed by atoms with Crippen LogP contribution in [0.3, 0.4) is 0 Å². The first kappa shape index (κ1) is 31.3. The highest BCUT2D eigenvalue weighted by atomic mass is 32.2. The molecule has 0 saturated carbocycles. The number of sulfonamides is 1. The van der Waals surface area contributed by atoms with E-state index in [4.69, 9.17) is 18.9 Å². The quantitative estimate of drug-likeness (QED) is 0.135. The lowest BCUT2D eigenvalue weighted by atomic mass is 10.2. The molecule has 0 fully saturated rings. The summed E-state index contributed by atoms with van der Waals surface area (Å²) in [4.78, 5) is 0.211. The second-order valence-corrected chi connectivity index (χ2v) is 11.7.